The van der Waals surface area contributed by atoms with Gasteiger partial charge in [0.05, 0.1) is 31.2 Å². The van der Waals surface area contributed by atoms with Crippen LogP contribution in [0.15, 0.2) is 64.7 Å². The van der Waals surface area contributed by atoms with Crippen molar-refractivity contribution >= 4 is 34.8 Å². The predicted molar refractivity (Wildman–Crippen MR) is 122 cm³/mol. The molecule has 0 saturated carbocycles. The molecule has 1 amide bonds. The van der Waals surface area contributed by atoms with E-state index in [0.29, 0.717) is 24.0 Å². The number of rotatable bonds is 9. The Morgan fingerprint density at radius 2 is 2.03 bits per heavy atom. The van der Waals surface area contributed by atoms with E-state index in [1.807, 2.05) is 48.5 Å². The summed E-state index contributed by atoms with van der Waals surface area (Å²) >= 11 is 1.44. The second-order valence-corrected chi connectivity index (χ2v) is 8.05. The highest BCUT2D eigenvalue weighted by Crippen LogP contribution is 2.28. The van der Waals surface area contributed by atoms with Gasteiger partial charge in [-0.05, 0) is 41.8 Å². The van der Waals surface area contributed by atoms with Gasteiger partial charge in [0.2, 0.25) is 5.91 Å². The molecule has 0 saturated heterocycles. The van der Waals surface area contributed by atoms with Gasteiger partial charge in [-0.1, -0.05) is 32.0 Å². The van der Waals surface area contributed by atoms with Crippen molar-refractivity contribution in [3.8, 4) is 11.5 Å². The van der Waals surface area contributed by atoms with Crippen molar-refractivity contribution in [3.05, 3.63) is 60.3 Å². The van der Waals surface area contributed by atoms with Gasteiger partial charge in [-0.3, -0.25) is 9.78 Å². The van der Waals surface area contributed by atoms with Crippen molar-refractivity contribution in [1.29, 1.82) is 0 Å². The number of methoxy groups -OCH3 is 1. The normalized spacial score (nSPS) is 11.2. The quantitative estimate of drug-likeness (QED) is 0.311. The summed E-state index contributed by atoms with van der Waals surface area (Å²) < 4.78 is 11.1. The van der Waals surface area contributed by atoms with Crippen LogP contribution in [-0.2, 0) is 4.79 Å². The number of benzene rings is 2. The van der Waals surface area contributed by atoms with Gasteiger partial charge < -0.3 is 9.47 Å². The van der Waals surface area contributed by atoms with E-state index in [9.17, 15) is 4.79 Å². The number of hydrazone groups is 1. The van der Waals surface area contributed by atoms with Gasteiger partial charge in [0.25, 0.3) is 0 Å². The molecule has 1 heterocycles. The highest BCUT2D eigenvalue weighted by Gasteiger charge is 2.08. The van der Waals surface area contributed by atoms with Crippen LogP contribution < -0.4 is 14.9 Å². The van der Waals surface area contributed by atoms with E-state index >= 15 is 0 Å². The Labute approximate surface area is 180 Å². The van der Waals surface area contributed by atoms with E-state index in [1.54, 1.807) is 19.5 Å². The summed E-state index contributed by atoms with van der Waals surface area (Å²) in [6, 6.07) is 15.4. The SMILES string of the molecule is COc1cc(/C=N\NC(=O)CSc2cccc3cccnc23)ccc1OCC(C)C. The fourth-order valence-corrected chi connectivity index (χ4v) is 3.52. The van der Waals surface area contributed by atoms with Crippen molar-refractivity contribution in [2.75, 3.05) is 19.5 Å². The summed E-state index contributed by atoms with van der Waals surface area (Å²) in [5.74, 6) is 1.80. The standard InChI is InChI=1S/C23H25N3O3S/c1-16(2)14-29-19-10-9-17(12-20(19)28-3)13-25-26-22(27)15-30-21-8-4-6-18-7-5-11-24-23(18)21/h4-13,16H,14-15H2,1-3H3,(H,26,27)/b25-13-. The third kappa shape index (κ3) is 5.97. The number of ether oxygens (including phenoxy) is 2. The second-order valence-electron chi connectivity index (χ2n) is 7.03. The van der Waals surface area contributed by atoms with Crippen LogP contribution in [0.25, 0.3) is 10.9 Å². The van der Waals surface area contributed by atoms with Crippen LogP contribution in [0, 0.1) is 5.92 Å². The first-order valence-corrected chi connectivity index (χ1v) is 10.6. The molecule has 0 unspecified atom stereocenters. The van der Waals surface area contributed by atoms with Crippen molar-refractivity contribution < 1.29 is 14.3 Å². The highest BCUT2D eigenvalue weighted by atomic mass is 32.2. The van der Waals surface area contributed by atoms with Gasteiger partial charge in [0, 0.05) is 16.5 Å². The number of carbonyl (C=O) groups is 1. The van der Waals surface area contributed by atoms with E-state index < -0.39 is 0 Å². The van der Waals surface area contributed by atoms with Crippen molar-refractivity contribution in [2.24, 2.45) is 11.0 Å². The van der Waals surface area contributed by atoms with Crippen LogP contribution in [0.5, 0.6) is 11.5 Å². The zero-order valence-corrected chi connectivity index (χ0v) is 18.1. The lowest BCUT2D eigenvalue weighted by molar-refractivity contribution is -0.118. The summed E-state index contributed by atoms with van der Waals surface area (Å²) in [4.78, 5) is 17.5. The van der Waals surface area contributed by atoms with Crippen molar-refractivity contribution in [1.82, 2.24) is 10.4 Å². The number of hydrogen-bond donors (Lipinski definition) is 1. The Bertz CT molecular complexity index is 1030. The molecule has 0 aliphatic carbocycles. The minimum Gasteiger partial charge on any atom is -0.493 e. The number of para-hydroxylation sites is 1. The summed E-state index contributed by atoms with van der Waals surface area (Å²) in [5.41, 5.74) is 4.26. The molecule has 0 aliphatic rings. The van der Waals surface area contributed by atoms with E-state index in [0.717, 1.165) is 21.4 Å². The molecule has 156 valence electrons. The number of fused-ring (bicyclic) bond motifs is 1. The van der Waals surface area contributed by atoms with E-state index in [4.69, 9.17) is 9.47 Å². The molecule has 0 atom stereocenters. The zero-order chi connectivity index (χ0) is 21.3. The number of nitrogens with one attached hydrogen (secondary N) is 1. The maximum absolute atomic E-state index is 12.2. The molecule has 0 bridgehead atoms. The van der Waals surface area contributed by atoms with E-state index in [2.05, 4.69) is 29.4 Å². The van der Waals surface area contributed by atoms with E-state index in [1.165, 1.54) is 11.8 Å². The largest absolute Gasteiger partial charge is 0.493 e. The molecule has 7 heteroatoms. The Morgan fingerprint density at radius 3 is 2.83 bits per heavy atom. The molecule has 6 nitrogen and oxygen atoms in total. The molecule has 0 spiro atoms. The summed E-state index contributed by atoms with van der Waals surface area (Å²) in [6.45, 7) is 4.79. The lowest BCUT2D eigenvalue weighted by atomic mass is 10.2. The molecule has 1 aromatic heterocycles. The maximum atomic E-state index is 12.2. The third-order valence-corrected chi connectivity index (χ3v) is 5.16. The molecule has 0 aliphatic heterocycles. The molecule has 1 N–H and O–H groups in total. The van der Waals surface area contributed by atoms with Crippen LogP contribution in [0.2, 0.25) is 0 Å². The monoisotopic (exact) mass is 423 g/mol. The average molecular weight is 424 g/mol. The third-order valence-electron chi connectivity index (χ3n) is 4.12. The minimum absolute atomic E-state index is 0.187. The smallest absolute Gasteiger partial charge is 0.250 e. The van der Waals surface area contributed by atoms with E-state index in [-0.39, 0.29) is 11.7 Å². The van der Waals surface area contributed by atoms with Gasteiger partial charge in [-0.25, -0.2) is 5.43 Å². The van der Waals surface area contributed by atoms with Gasteiger partial charge in [0.15, 0.2) is 11.5 Å². The summed E-state index contributed by atoms with van der Waals surface area (Å²) in [6.07, 6.45) is 3.33. The number of carbonyl (C=O) groups excluding carboxylic acids is 1. The molecule has 0 fully saturated rings. The van der Waals surface area contributed by atoms with Gasteiger partial charge in [-0.2, -0.15) is 5.10 Å². The van der Waals surface area contributed by atoms with Crippen LogP contribution in [0.3, 0.4) is 0 Å². The number of aromatic nitrogens is 1. The fourth-order valence-electron chi connectivity index (χ4n) is 2.69. The van der Waals surface area contributed by atoms with Crippen LogP contribution in [-0.4, -0.2) is 36.6 Å². The topological polar surface area (TPSA) is 72.8 Å². The molecule has 3 rings (SSSR count). The number of thioether (sulfide) groups is 1. The first-order valence-electron chi connectivity index (χ1n) is 9.66. The van der Waals surface area contributed by atoms with Crippen molar-refractivity contribution in [3.63, 3.8) is 0 Å². The van der Waals surface area contributed by atoms with Gasteiger partial charge in [0.1, 0.15) is 0 Å². The molecule has 0 radical (unpaired) electrons. The maximum Gasteiger partial charge on any atom is 0.250 e. The van der Waals surface area contributed by atoms with Gasteiger partial charge >= 0.3 is 0 Å². The van der Waals surface area contributed by atoms with Crippen LogP contribution in [0.1, 0.15) is 19.4 Å². The molecular weight excluding hydrogens is 398 g/mol. The average Bonchev–Trinajstić information content (AvgIpc) is 2.76. The number of amides is 1. The summed E-state index contributed by atoms with van der Waals surface area (Å²) in [7, 11) is 1.60. The Morgan fingerprint density at radius 1 is 1.20 bits per heavy atom. The van der Waals surface area contributed by atoms with Crippen molar-refractivity contribution in [2.45, 2.75) is 18.7 Å². The highest BCUT2D eigenvalue weighted by molar-refractivity contribution is 8.00. The van der Waals surface area contributed by atoms with Crippen LogP contribution >= 0.6 is 11.8 Å². The second kappa shape index (κ2) is 10.6. The predicted octanol–water partition coefficient (Wildman–Crippen LogP) is 4.52. The summed E-state index contributed by atoms with van der Waals surface area (Å²) in [5, 5.41) is 5.10. The molecule has 30 heavy (non-hydrogen) atoms. The first kappa shape index (κ1) is 21.6. The fraction of sp³-hybridized carbons (Fsp3) is 0.261. The molecule has 3 aromatic rings. The lowest BCUT2D eigenvalue weighted by Crippen LogP contribution is -2.19. The Hall–Kier alpha value is -3.06. The first-order chi connectivity index (χ1) is 14.6. The number of nitrogens with zero attached hydrogens (tertiary/aromatic N) is 2. The van der Waals surface area contributed by atoms with Gasteiger partial charge in [-0.15, -0.1) is 11.8 Å². The molecule has 2 aromatic carbocycles. The lowest BCUT2D eigenvalue weighted by Gasteiger charge is -2.12. The molecular formula is C23H25N3O3S. The van der Waals surface area contributed by atoms with Crippen LogP contribution in [0.4, 0.5) is 0 Å². The number of hydrogen-bond acceptors (Lipinski definition) is 6. The Balaban J connectivity index is 1.55. The minimum atomic E-state index is -0.187. The Kier molecular flexibility index (Phi) is 7.68. The number of pyridine rings is 1. The zero-order valence-electron chi connectivity index (χ0n) is 17.3.